The molecule has 0 aliphatic carbocycles. The Hall–Kier alpha value is -8.46. The van der Waals surface area contributed by atoms with Gasteiger partial charge in [0.2, 0.25) is 0 Å². The summed E-state index contributed by atoms with van der Waals surface area (Å²) in [6.07, 6.45) is 0. The van der Waals surface area contributed by atoms with E-state index in [-0.39, 0.29) is 0 Å². The molecule has 0 bridgehead atoms. The van der Waals surface area contributed by atoms with Crippen LogP contribution in [0.5, 0.6) is 0 Å². The van der Waals surface area contributed by atoms with Crippen molar-refractivity contribution in [1.82, 2.24) is 0 Å². The number of hydrogen-bond donors (Lipinski definition) is 0. The zero-order valence-electron chi connectivity index (χ0n) is 35.2. The van der Waals surface area contributed by atoms with Crippen molar-refractivity contribution in [3.63, 3.8) is 0 Å². The summed E-state index contributed by atoms with van der Waals surface area (Å²) in [5.41, 5.74) is 19.2. The van der Waals surface area contributed by atoms with Gasteiger partial charge in [0.25, 0.3) is 0 Å². The number of nitrogens with zero attached hydrogens (tertiary/aromatic N) is 1. The van der Waals surface area contributed by atoms with Gasteiger partial charge in [-0.15, -0.1) is 0 Å². The van der Waals surface area contributed by atoms with E-state index in [0.29, 0.717) is 0 Å². The first-order chi connectivity index (χ1) is 31.7. The lowest BCUT2D eigenvalue weighted by atomic mass is 9.93. The quantitative estimate of drug-likeness (QED) is 0.137. The molecule has 10 aromatic carbocycles. The Morgan fingerprint density at radius 1 is 0.250 bits per heavy atom. The Morgan fingerprint density at radius 3 is 1.19 bits per heavy atom. The number of rotatable bonds is 10. The molecule has 2 heteroatoms. The SMILES string of the molecule is c1ccc(-c2ccc(-c3ccc(N(c4ccc(-c5ccc(-c6ccccc6)c(-c6cc7ccccc7o6)c5)cc4)c4ccccc4-c4ccc(-c5ccccc5)cc4)cc3)cc2)cc1. The molecule has 0 fully saturated rings. The van der Waals surface area contributed by atoms with Crippen molar-refractivity contribution in [3.8, 4) is 78.1 Å². The Balaban J connectivity index is 0.980. The molecule has 0 aliphatic rings. The first-order valence-electron chi connectivity index (χ1n) is 21.8. The van der Waals surface area contributed by atoms with Crippen LogP contribution in [0, 0.1) is 0 Å². The number of hydrogen-bond acceptors (Lipinski definition) is 2. The fraction of sp³-hybridized carbons (Fsp3) is 0. The topological polar surface area (TPSA) is 16.4 Å². The van der Waals surface area contributed by atoms with Crippen molar-refractivity contribution >= 4 is 28.0 Å². The summed E-state index contributed by atoms with van der Waals surface area (Å²) in [7, 11) is 0. The molecule has 0 spiro atoms. The van der Waals surface area contributed by atoms with E-state index in [2.05, 4.69) is 254 Å². The molecule has 0 saturated heterocycles. The maximum Gasteiger partial charge on any atom is 0.136 e. The fourth-order valence-electron chi connectivity index (χ4n) is 8.82. The minimum atomic E-state index is 0.855. The lowest BCUT2D eigenvalue weighted by Gasteiger charge is -2.28. The third-order valence-electron chi connectivity index (χ3n) is 12.2. The molecular weight excluding hydrogens is 775 g/mol. The van der Waals surface area contributed by atoms with Crippen molar-refractivity contribution < 1.29 is 4.42 Å². The molecule has 11 aromatic rings. The zero-order valence-corrected chi connectivity index (χ0v) is 35.2. The Morgan fingerprint density at radius 2 is 0.641 bits per heavy atom. The number of para-hydroxylation sites is 2. The minimum absolute atomic E-state index is 0.855. The molecule has 0 amide bonds. The summed E-state index contributed by atoms with van der Waals surface area (Å²) in [6.45, 7) is 0. The van der Waals surface area contributed by atoms with Crippen molar-refractivity contribution in [2.45, 2.75) is 0 Å². The van der Waals surface area contributed by atoms with Gasteiger partial charge in [-0.05, 0) is 110 Å². The van der Waals surface area contributed by atoms with Gasteiger partial charge in [0.05, 0.1) is 5.69 Å². The monoisotopic (exact) mass is 817 g/mol. The number of benzene rings is 10. The molecule has 0 saturated carbocycles. The van der Waals surface area contributed by atoms with Gasteiger partial charge < -0.3 is 9.32 Å². The lowest BCUT2D eigenvalue weighted by molar-refractivity contribution is 0.632. The van der Waals surface area contributed by atoms with E-state index in [1.54, 1.807) is 0 Å². The molecule has 0 atom stereocenters. The molecule has 1 heterocycles. The van der Waals surface area contributed by atoms with Crippen LogP contribution in [0.2, 0.25) is 0 Å². The van der Waals surface area contributed by atoms with E-state index in [1.807, 2.05) is 12.1 Å². The number of fused-ring (bicyclic) bond motifs is 1. The molecule has 1 aromatic heterocycles. The van der Waals surface area contributed by atoms with E-state index in [4.69, 9.17) is 4.42 Å². The minimum Gasteiger partial charge on any atom is -0.456 e. The predicted octanol–water partition coefficient (Wildman–Crippen LogP) is 17.6. The first kappa shape index (κ1) is 38.5. The van der Waals surface area contributed by atoms with Crippen molar-refractivity contribution in [2.24, 2.45) is 0 Å². The Bertz CT molecular complexity index is 3280. The van der Waals surface area contributed by atoms with Crippen LogP contribution >= 0.6 is 0 Å². The van der Waals surface area contributed by atoms with E-state index < -0.39 is 0 Å². The fourth-order valence-corrected chi connectivity index (χ4v) is 8.82. The van der Waals surface area contributed by atoms with Crippen LogP contribution in [-0.4, -0.2) is 0 Å². The highest BCUT2D eigenvalue weighted by molar-refractivity contribution is 5.92. The second-order valence-corrected chi connectivity index (χ2v) is 16.1. The van der Waals surface area contributed by atoms with Crippen molar-refractivity contribution in [2.75, 3.05) is 4.90 Å². The molecule has 11 rings (SSSR count). The highest BCUT2D eigenvalue weighted by Crippen LogP contribution is 2.43. The smallest absolute Gasteiger partial charge is 0.136 e. The summed E-state index contributed by atoms with van der Waals surface area (Å²) in [5.74, 6) is 0.855. The highest BCUT2D eigenvalue weighted by atomic mass is 16.3. The molecular formula is C62H43NO. The van der Waals surface area contributed by atoms with Gasteiger partial charge in [-0.3, -0.25) is 0 Å². The van der Waals surface area contributed by atoms with Crippen LogP contribution in [0.4, 0.5) is 17.1 Å². The van der Waals surface area contributed by atoms with Gasteiger partial charge in [0, 0.05) is 27.9 Å². The predicted molar refractivity (Wildman–Crippen MR) is 269 cm³/mol. The maximum absolute atomic E-state index is 6.49. The zero-order chi connectivity index (χ0) is 42.7. The molecule has 302 valence electrons. The third kappa shape index (κ3) is 7.70. The normalized spacial score (nSPS) is 11.1. The van der Waals surface area contributed by atoms with E-state index in [9.17, 15) is 0 Å². The van der Waals surface area contributed by atoms with Gasteiger partial charge >= 0.3 is 0 Å². The average molecular weight is 818 g/mol. The average Bonchev–Trinajstić information content (AvgIpc) is 3.83. The van der Waals surface area contributed by atoms with Crippen LogP contribution in [-0.2, 0) is 0 Å². The van der Waals surface area contributed by atoms with Crippen LogP contribution in [0.3, 0.4) is 0 Å². The summed E-state index contributed by atoms with van der Waals surface area (Å²) in [5, 5.41) is 1.09. The number of furan rings is 1. The van der Waals surface area contributed by atoms with Crippen LogP contribution in [0.1, 0.15) is 0 Å². The Kier molecular flexibility index (Phi) is 10.3. The molecule has 0 aliphatic heterocycles. The summed E-state index contributed by atoms with van der Waals surface area (Å²) in [4.78, 5) is 2.38. The van der Waals surface area contributed by atoms with Crippen LogP contribution in [0.25, 0.3) is 89.1 Å². The van der Waals surface area contributed by atoms with E-state index >= 15 is 0 Å². The van der Waals surface area contributed by atoms with E-state index in [0.717, 1.165) is 72.7 Å². The van der Waals surface area contributed by atoms with Crippen LogP contribution in [0.15, 0.2) is 265 Å². The summed E-state index contributed by atoms with van der Waals surface area (Å²) in [6, 6.07) is 93.2. The van der Waals surface area contributed by atoms with Crippen LogP contribution < -0.4 is 4.90 Å². The maximum atomic E-state index is 6.49. The summed E-state index contributed by atoms with van der Waals surface area (Å²) >= 11 is 0. The third-order valence-corrected chi connectivity index (χ3v) is 12.2. The summed E-state index contributed by atoms with van der Waals surface area (Å²) < 4.78 is 6.49. The van der Waals surface area contributed by atoms with Crippen molar-refractivity contribution in [3.05, 3.63) is 261 Å². The number of anilines is 3. The van der Waals surface area contributed by atoms with E-state index in [1.165, 1.54) is 33.4 Å². The van der Waals surface area contributed by atoms with Gasteiger partial charge in [-0.25, -0.2) is 0 Å². The van der Waals surface area contributed by atoms with Crippen molar-refractivity contribution in [1.29, 1.82) is 0 Å². The molecule has 0 unspecified atom stereocenters. The Labute approximate surface area is 374 Å². The molecule has 2 nitrogen and oxygen atoms in total. The second-order valence-electron chi connectivity index (χ2n) is 16.1. The first-order valence-corrected chi connectivity index (χ1v) is 21.8. The van der Waals surface area contributed by atoms with Gasteiger partial charge in [-0.2, -0.15) is 0 Å². The van der Waals surface area contributed by atoms with Gasteiger partial charge in [-0.1, -0.05) is 212 Å². The van der Waals surface area contributed by atoms with Gasteiger partial charge in [0.1, 0.15) is 11.3 Å². The lowest BCUT2D eigenvalue weighted by Crippen LogP contribution is -2.11. The largest absolute Gasteiger partial charge is 0.456 e. The molecule has 64 heavy (non-hydrogen) atoms. The molecule has 0 N–H and O–H groups in total. The van der Waals surface area contributed by atoms with Gasteiger partial charge in [0.15, 0.2) is 0 Å². The highest BCUT2D eigenvalue weighted by Gasteiger charge is 2.19. The molecule has 0 radical (unpaired) electrons. The second kappa shape index (κ2) is 17.1. The standard InChI is InChI=1S/C62H43NO/c1-4-14-44(15-5-1)46-24-26-48(27-25-46)49-32-37-55(38-33-49)63(60-22-12-11-21-58(60)52-30-28-47(29-31-52)45-16-6-2-7-17-45)56-39-34-50(35-40-56)53-36-41-57(51-18-8-3-9-19-51)59(42-53)62-43-54-20-10-13-23-61(54)64-62/h1-43H.